The van der Waals surface area contributed by atoms with Crippen LogP contribution in [0.4, 0.5) is 0 Å². The van der Waals surface area contributed by atoms with Crippen molar-refractivity contribution in [3.8, 4) is 6.07 Å². The molecule has 74 valence electrons. The highest BCUT2D eigenvalue weighted by Gasteiger charge is 2.10. The van der Waals surface area contributed by atoms with Gasteiger partial charge in [0.15, 0.2) is 0 Å². The van der Waals surface area contributed by atoms with Gasteiger partial charge in [-0.05, 0) is 25.0 Å². The Hall–Kier alpha value is -1.36. The molecule has 1 rings (SSSR count). The molecule has 0 spiro atoms. The lowest BCUT2D eigenvalue weighted by molar-refractivity contribution is 0.563. The first-order chi connectivity index (χ1) is 6.88. The minimum atomic E-state index is 0.459. The van der Waals surface area contributed by atoms with E-state index >= 15 is 0 Å². The average Bonchev–Trinajstić information content (AvgIpc) is 2.25. The molecule has 0 saturated carbocycles. The first kappa shape index (κ1) is 10.7. The quantitative estimate of drug-likeness (QED) is 0.711. The molecular weight excluding hydrogens is 172 g/mol. The van der Waals surface area contributed by atoms with Crippen LogP contribution in [0.15, 0.2) is 24.4 Å². The lowest BCUT2D eigenvalue weighted by Gasteiger charge is -2.13. The molecule has 1 atom stereocenters. The summed E-state index contributed by atoms with van der Waals surface area (Å²) in [7, 11) is 0. The van der Waals surface area contributed by atoms with Gasteiger partial charge >= 0.3 is 0 Å². The predicted octanol–water partition coefficient (Wildman–Crippen LogP) is 3.27. The van der Waals surface area contributed by atoms with Crippen LogP contribution < -0.4 is 0 Å². The fourth-order valence-corrected chi connectivity index (χ4v) is 1.64. The van der Waals surface area contributed by atoms with E-state index in [1.165, 1.54) is 0 Å². The van der Waals surface area contributed by atoms with E-state index in [2.05, 4.69) is 24.0 Å². The van der Waals surface area contributed by atoms with Gasteiger partial charge in [-0.1, -0.05) is 19.4 Å². The second kappa shape index (κ2) is 6.15. The molecular formula is C12H16N2. The third kappa shape index (κ3) is 3.18. The topological polar surface area (TPSA) is 36.7 Å². The summed E-state index contributed by atoms with van der Waals surface area (Å²) >= 11 is 0. The van der Waals surface area contributed by atoms with Crippen LogP contribution in [0.5, 0.6) is 0 Å². The Labute approximate surface area is 85.6 Å². The summed E-state index contributed by atoms with van der Waals surface area (Å²) in [5, 5.41) is 8.56. The molecule has 1 aromatic rings. The lowest BCUT2D eigenvalue weighted by atomic mass is 9.94. The second-order valence-corrected chi connectivity index (χ2v) is 3.44. The highest BCUT2D eigenvalue weighted by atomic mass is 14.7. The zero-order chi connectivity index (χ0) is 10.2. The minimum absolute atomic E-state index is 0.459. The molecule has 0 amide bonds. The van der Waals surface area contributed by atoms with E-state index in [4.69, 9.17) is 5.26 Å². The maximum atomic E-state index is 8.56. The number of nitrogens with zero attached hydrogens (tertiary/aromatic N) is 2. The molecule has 0 aromatic carbocycles. The van der Waals surface area contributed by atoms with Crippen molar-refractivity contribution in [2.45, 2.75) is 38.5 Å². The summed E-state index contributed by atoms with van der Waals surface area (Å²) < 4.78 is 0. The Morgan fingerprint density at radius 1 is 1.43 bits per heavy atom. The van der Waals surface area contributed by atoms with Crippen molar-refractivity contribution in [2.75, 3.05) is 0 Å². The zero-order valence-electron chi connectivity index (χ0n) is 8.61. The van der Waals surface area contributed by atoms with Crippen molar-refractivity contribution in [2.24, 2.45) is 0 Å². The first-order valence-corrected chi connectivity index (χ1v) is 5.16. The molecule has 0 aliphatic carbocycles. The van der Waals surface area contributed by atoms with E-state index in [1.807, 2.05) is 18.3 Å². The predicted molar refractivity (Wildman–Crippen MR) is 56.7 cm³/mol. The Morgan fingerprint density at radius 3 is 2.86 bits per heavy atom. The maximum absolute atomic E-state index is 8.56. The van der Waals surface area contributed by atoms with Crippen LogP contribution in [0, 0.1) is 11.3 Å². The number of pyridine rings is 1. The van der Waals surface area contributed by atoms with Gasteiger partial charge in [0, 0.05) is 24.2 Å². The van der Waals surface area contributed by atoms with Crippen LogP contribution in [0.25, 0.3) is 0 Å². The van der Waals surface area contributed by atoms with Gasteiger partial charge in [0.2, 0.25) is 0 Å². The van der Waals surface area contributed by atoms with Crippen molar-refractivity contribution >= 4 is 0 Å². The van der Waals surface area contributed by atoms with E-state index in [0.717, 1.165) is 25.0 Å². The SMILES string of the molecule is CCCC(CCC#N)c1ccccn1. The van der Waals surface area contributed by atoms with Crippen LogP contribution in [-0.2, 0) is 0 Å². The monoisotopic (exact) mass is 188 g/mol. The van der Waals surface area contributed by atoms with Crippen LogP contribution in [0.3, 0.4) is 0 Å². The fraction of sp³-hybridized carbons (Fsp3) is 0.500. The smallest absolute Gasteiger partial charge is 0.0621 e. The van der Waals surface area contributed by atoms with Crippen LogP contribution in [0.2, 0.25) is 0 Å². The van der Waals surface area contributed by atoms with E-state index < -0.39 is 0 Å². The van der Waals surface area contributed by atoms with Crippen LogP contribution in [-0.4, -0.2) is 4.98 Å². The Bertz CT molecular complexity index is 287. The number of hydrogen-bond donors (Lipinski definition) is 0. The highest BCUT2D eigenvalue weighted by molar-refractivity contribution is 5.09. The zero-order valence-corrected chi connectivity index (χ0v) is 8.61. The average molecular weight is 188 g/mol. The third-order valence-electron chi connectivity index (χ3n) is 2.35. The molecule has 0 bridgehead atoms. The number of rotatable bonds is 5. The summed E-state index contributed by atoms with van der Waals surface area (Å²) in [6, 6.07) is 8.19. The fourth-order valence-electron chi connectivity index (χ4n) is 1.64. The molecule has 0 fully saturated rings. The lowest BCUT2D eigenvalue weighted by Crippen LogP contribution is -2.00. The van der Waals surface area contributed by atoms with Gasteiger partial charge in [0.05, 0.1) is 6.07 Å². The van der Waals surface area contributed by atoms with E-state index in [0.29, 0.717) is 12.3 Å². The van der Waals surface area contributed by atoms with Crippen molar-refractivity contribution in [3.05, 3.63) is 30.1 Å². The van der Waals surface area contributed by atoms with Crippen molar-refractivity contribution in [1.82, 2.24) is 4.98 Å². The Morgan fingerprint density at radius 2 is 2.29 bits per heavy atom. The molecule has 0 N–H and O–H groups in total. The molecule has 2 nitrogen and oxygen atoms in total. The van der Waals surface area contributed by atoms with Gasteiger partial charge in [0.1, 0.15) is 0 Å². The van der Waals surface area contributed by atoms with Gasteiger partial charge < -0.3 is 0 Å². The molecule has 0 aliphatic heterocycles. The number of aromatic nitrogens is 1. The van der Waals surface area contributed by atoms with Gasteiger partial charge in [-0.15, -0.1) is 0 Å². The van der Waals surface area contributed by atoms with Crippen molar-refractivity contribution < 1.29 is 0 Å². The highest BCUT2D eigenvalue weighted by Crippen LogP contribution is 2.23. The molecule has 2 heteroatoms. The molecule has 1 heterocycles. The summed E-state index contributed by atoms with van der Waals surface area (Å²) in [5.74, 6) is 0.459. The van der Waals surface area contributed by atoms with Crippen molar-refractivity contribution in [1.29, 1.82) is 5.26 Å². The number of nitriles is 1. The first-order valence-electron chi connectivity index (χ1n) is 5.16. The van der Waals surface area contributed by atoms with Gasteiger partial charge in [-0.2, -0.15) is 5.26 Å². The molecule has 1 unspecified atom stereocenters. The third-order valence-corrected chi connectivity index (χ3v) is 2.35. The summed E-state index contributed by atoms with van der Waals surface area (Å²) in [4.78, 5) is 4.34. The van der Waals surface area contributed by atoms with Crippen molar-refractivity contribution in [3.63, 3.8) is 0 Å². The standard InChI is InChI=1S/C12H16N2/c1-2-6-11(7-5-9-13)12-8-3-4-10-14-12/h3-4,8,10-11H,2,5-7H2,1H3. The van der Waals surface area contributed by atoms with E-state index in [9.17, 15) is 0 Å². The molecule has 0 saturated heterocycles. The molecule has 1 aromatic heterocycles. The Balaban J connectivity index is 2.63. The minimum Gasteiger partial charge on any atom is -0.261 e. The molecule has 0 radical (unpaired) electrons. The van der Waals surface area contributed by atoms with Gasteiger partial charge in [0.25, 0.3) is 0 Å². The Kier molecular flexibility index (Phi) is 4.71. The summed E-state index contributed by atoms with van der Waals surface area (Å²) in [6.45, 7) is 2.17. The summed E-state index contributed by atoms with van der Waals surface area (Å²) in [5.41, 5.74) is 1.13. The van der Waals surface area contributed by atoms with E-state index in [1.54, 1.807) is 0 Å². The van der Waals surface area contributed by atoms with Crippen LogP contribution >= 0.6 is 0 Å². The second-order valence-electron chi connectivity index (χ2n) is 3.44. The largest absolute Gasteiger partial charge is 0.261 e. The molecule has 14 heavy (non-hydrogen) atoms. The maximum Gasteiger partial charge on any atom is 0.0621 e. The summed E-state index contributed by atoms with van der Waals surface area (Å²) in [6.07, 6.45) is 5.65. The normalized spacial score (nSPS) is 12.0. The van der Waals surface area contributed by atoms with Gasteiger partial charge in [-0.25, -0.2) is 0 Å². The molecule has 0 aliphatic rings. The van der Waals surface area contributed by atoms with E-state index in [-0.39, 0.29) is 0 Å². The number of hydrogen-bond acceptors (Lipinski definition) is 2. The van der Waals surface area contributed by atoms with Gasteiger partial charge in [-0.3, -0.25) is 4.98 Å². The van der Waals surface area contributed by atoms with Crippen LogP contribution in [0.1, 0.15) is 44.2 Å².